The van der Waals surface area contributed by atoms with E-state index in [-0.39, 0.29) is 0 Å². The Bertz CT molecular complexity index is 517. The fourth-order valence-electron chi connectivity index (χ4n) is 1.70. The van der Waals surface area contributed by atoms with E-state index >= 15 is 0 Å². The first-order valence-corrected chi connectivity index (χ1v) is 5.97. The molecule has 19 heavy (non-hydrogen) atoms. The predicted molar refractivity (Wildman–Crippen MR) is 70.1 cm³/mol. The van der Waals surface area contributed by atoms with Crippen LogP contribution in [0.2, 0.25) is 0 Å². The summed E-state index contributed by atoms with van der Waals surface area (Å²) in [7, 11) is 0. The number of nitrogens with two attached hydrogens (primary N) is 1. The van der Waals surface area contributed by atoms with Gasteiger partial charge in [-0.15, -0.1) is 0 Å². The zero-order valence-corrected chi connectivity index (χ0v) is 10.3. The van der Waals surface area contributed by atoms with Crippen LogP contribution in [0.1, 0.15) is 17.2 Å². The molecule has 0 aliphatic carbocycles. The molecule has 0 fully saturated rings. The lowest BCUT2D eigenvalue weighted by atomic mass is 10.1. The van der Waals surface area contributed by atoms with Crippen molar-refractivity contribution in [2.24, 2.45) is 5.73 Å². The van der Waals surface area contributed by atoms with Crippen molar-refractivity contribution in [2.45, 2.75) is 19.1 Å². The molecule has 0 spiro atoms. The van der Waals surface area contributed by atoms with E-state index in [0.29, 0.717) is 17.9 Å². The molecular formula is C15H15F2NO. The number of halogens is 2. The molecule has 2 N–H and O–H groups in total. The quantitative estimate of drug-likeness (QED) is 0.895. The first-order chi connectivity index (χ1) is 9.16. The standard InChI is InChI=1S/C15H15F2NO/c16-15(17)14(18)12-7-4-8-13(9-12)19-10-11-5-2-1-3-6-11/h1-9,14-15H,10,18H2/t14-/m1/s1. The third-order valence-corrected chi connectivity index (χ3v) is 2.76. The van der Waals surface area contributed by atoms with Crippen molar-refractivity contribution in [1.82, 2.24) is 0 Å². The van der Waals surface area contributed by atoms with Gasteiger partial charge in [-0.25, -0.2) is 8.78 Å². The van der Waals surface area contributed by atoms with Gasteiger partial charge in [0.2, 0.25) is 0 Å². The number of alkyl halides is 2. The number of benzene rings is 2. The smallest absolute Gasteiger partial charge is 0.257 e. The average Bonchev–Trinajstić information content (AvgIpc) is 2.45. The molecule has 0 saturated carbocycles. The Morgan fingerprint density at radius 1 is 1.00 bits per heavy atom. The lowest BCUT2D eigenvalue weighted by Gasteiger charge is -2.12. The minimum absolute atomic E-state index is 0.376. The second-order valence-electron chi connectivity index (χ2n) is 4.21. The molecule has 4 heteroatoms. The molecule has 0 heterocycles. The Morgan fingerprint density at radius 3 is 2.42 bits per heavy atom. The van der Waals surface area contributed by atoms with Gasteiger partial charge in [0.25, 0.3) is 6.43 Å². The summed E-state index contributed by atoms with van der Waals surface area (Å²) in [6.45, 7) is 0.397. The topological polar surface area (TPSA) is 35.2 Å². The molecule has 2 aromatic carbocycles. The molecule has 0 radical (unpaired) electrons. The van der Waals surface area contributed by atoms with Gasteiger partial charge in [-0.05, 0) is 23.3 Å². The van der Waals surface area contributed by atoms with Gasteiger partial charge in [0.1, 0.15) is 12.4 Å². The molecule has 1 atom stereocenters. The summed E-state index contributed by atoms with van der Waals surface area (Å²) in [6.07, 6.45) is -2.58. The summed E-state index contributed by atoms with van der Waals surface area (Å²) in [5, 5.41) is 0. The molecular weight excluding hydrogens is 248 g/mol. The highest BCUT2D eigenvalue weighted by Crippen LogP contribution is 2.22. The van der Waals surface area contributed by atoms with Crippen molar-refractivity contribution >= 4 is 0 Å². The van der Waals surface area contributed by atoms with E-state index < -0.39 is 12.5 Å². The van der Waals surface area contributed by atoms with Crippen LogP contribution in [0.25, 0.3) is 0 Å². The van der Waals surface area contributed by atoms with Gasteiger partial charge >= 0.3 is 0 Å². The van der Waals surface area contributed by atoms with E-state index in [9.17, 15) is 8.78 Å². The van der Waals surface area contributed by atoms with Gasteiger partial charge in [0.05, 0.1) is 6.04 Å². The first kappa shape index (κ1) is 13.5. The highest BCUT2D eigenvalue weighted by atomic mass is 19.3. The maximum Gasteiger partial charge on any atom is 0.257 e. The largest absolute Gasteiger partial charge is 0.489 e. The van der Waals surface area contributed by atoms with Gasteiger partial charge in [-0.3, -0.25) is 0 Å². The normalized spacial score (nSPS) is 12.4. The summed E-state index contributed by atoms with van der Waals surface area (Å²) in [5.74, 6) is 0.539. The van der Waals surface area contributed by atoms with Crippen LogP contribution < -0.4 is 10.5 Å². The van der Waals surface area contributed by atoms with Crippen molar-refractivity contribution in [3.63, 3.8) is 0 Å². The summed E-state index contributed by atoms with van der Waals surface area (Å²) >= 11 is 0. The first-order valence-electron chi connectivity index (χ1n) is 5.97. The van der Waals surface area contributed by atoms with Crippen LogP contribution in [-0.2, 0) is 6.61 Å². The van der Waals surface area contributed by atoms with E-state index in [1.165, 1.54) is 0 Å². The lowest BCUT2D eigenvalue weighted by molar-refractivity contribution is 0.116. The summed E-state index contributed by atoms with van der Waals surface area (Å²) in [6, 6.07) is 14.9. The second kappa shape index (κ2) is 6.29. The monoisotopic (exact) mass is 263 g/mol. The maximum absolute atomic E-state index is 12.5. The Labute approximate surface area is 110 Å². The van der Waals surface area contributed by atoms with Crippen LogP contribution in [0, 0.1) is 0 Å². The van der Waals surface area contributed by atoms with Crippen LogP contribution >= 0.6 is 0 Å². The van der Waals surface area contributed by atoms with Crippen molar-refractivity contribution in [3.05, 3.63) is 65.7 Å². The zero-order valence-electron chi connectivity index (χ0n) is 10.3. The molecule has 0 aromatic heterocycles. The second-order valence-corrected chi connectivity index (χ2v) is 4.21. The number of ether oxygens (including phenoxy) is 1. The molecule has 0 aliphatic rings. The van der Waals surface area contributed by atoms with Crippen LogP contribution in [0.5, 0.6) is 5.75 Å². The number of rotatable bonds is 5. The van der Waals surface area contributed by atoms with E-state index in [4.69, 9.17) is 10.5 Å². The molecule has 2 nitrogen and oxygen atoms in total. The van der Waals surface area contributed by atoms with Crippen LogP contribution in [0.15, 0.2) is 54.6 Å². The van der Waals surface area contributed by atoms with Gasteiger partial charge in [0.15, 0.2) is 0 Å². The number of hydrogen-bond acceptors (Lipinski definition) is 2. The van der Waals surface area contributed by atoms with Crippen molar-refractivity contribution in [1.29, 1.82) is 0 Å². The highest BCUT2D eigenvalue weighted by molar-refractivity contribution is 5.31. The lowest BCUT2D eigenvalue weighted by Crippen LogP contribution is -2.18. The molecule has 0 unspecified atom stereocenters. The summed E-state index contributed by atoms with van der Waals surface area (Å²) < 4.78 is 30.6. The Balaban J connectivity index is 2.03. The Kier molecular flexibility index (Phi) is 4.47. The van der Waals surface area contributed by atoms with Crippen molar-refractivity contribution in [2.75, 3.05) is 0 Å². The van der Waals surface area contributed by atoms with Crippen LogP contribution in [-0.4, -0.2) is 6.43 Å². The molecule has 2 rings (SSSR count). The molecule has 0 saturated heterocycles. The fourth-order valence-corrected chi connectivity index (χ4v) is 1.70. The van der Waals surface area contributed by atoms with Gasteiger partial charge in [0, 0.05) is 0 Å². The average molecular weight is 263 g/mol. The molecule has 0 bridgehead atoms. The van der Waals surface area contributed by atoms with Gasteiger partial charge in [-0.1, -0.05) is 42.5 Å². The van der Waals surface area contributed by atoms with Crippen LogP contribution in [0.3, 0.4) is 0 Å². The minimum Gasteiger partial charge on any atom is -0.489 e. The molecule has 0 amide bonds. The molecule has 2 aromatic rings. The van der Waals surface area contributed by atoms with E-state index in [1.807, 2.05) is 30.3 Å². The molecule has 100 valence electrons. The SMILES string of the molecule is N[C@H](c1cccc(OCc2ccccc2)c1)C(F)F. The molecule has 0 aliphatic heterocycles. The Morgan fingerprint density at radius 2 is 1.74 bits per heavy atom. The van der Waals surface area contributed by atoms with Crippen molar-refractivity contribution < 1.29 is 13.5 Å². The van der Waals surface area contributed by atoms with Crippen LogP contribution in [0.4, 0.5) is 8.78 Å². The van der Waals surface area contributed by atoms with E-state index in [0.717, 1.165) is 5.56 Å². The third kappa shape index (κ3) is 3.76. The third-order valence-electron chi connectivity index (χ3n) is 2.76. The van der Waals surface area contributed by atoms with Gasteiger partial charge in [-0.2, -0.15) is 0 Å². The van der Waals surface area contributed by atoms with Crippen molar-refractivity contribution in [3.8, 4) is 5.75 Å². The van der Waals surface area contributed by atoms with Gasteiger partial charge < -0.3 is 10.5 Å². The predicted octanol–water partition coefficient (Wildman–Crippen LogP) is 3.53. The minimum atomic E-state index is -2.58. The number of hydrogen-bond donors (Lipinski definition) is 1. The van der Waals surface area contributed by atoms with E-state index in [1.54, 1.807) is 24.3 Å². The summed E-state index contributed by atoms with van der Waals surface area (Å²) in [5.41, 5.74) is 6.80. The Hall–Kier alpha value is -1.94. The summed E-state index contributed by atoms with van der Waals surface area (Å²) in [4.78, 5) is 0. The maximum atomic E-state index is 12.5. The highest BCUT2D eigenvalue weighted by Gasteiger charge is 2.17. The fraction of sp³-hybridized carbons (Fsp3) is 0.200. The zero-order chi connectivity index (χ0) is 13.7. The van der Waals surface area contributed by atoms with E-state index in [2.05, 4.69) is 0 Å².